The summed E-state index contributed by atoms with van der Waals surface area (Å²) in [6, 6.07) is -1.80. The number of nitrogens with one attached hydrogen (secondary N) is 1. The molecule has 0 radical (unpaired) electrons. The van der Waals surface area contributed by atoms with E-state index in [1.54, 1.807) is 4.90 Å². The van der Waals surface area contributed by atoms with Crippen LogP contribution in [0.25, 0.3) is 0 Å². The fraction of sp³-hybridized carbons (Fsp3) is 0.818. The van der Waals surface area contributed by atoms with Crippen molar-refractivity contribution < 1.29 is 24.5 Å². The fourth-order valence-corrected chi connectivity index (χ4v) is 1.85. The molecule has 3 N–H and O–H groups in total. The lowest BCUT2D eigenvalue weighted by Gasteiger charge is -2.38. The summed E-state index contributed by atoms with van der Waals surface area (Å²) in [5.74, 6) is -1.25. The Labute approximate surface area is 106 Å². The Morgan fingerprint density at radius 3 is 2.72 bits per heavy atom. The van der Waals surface area contributed by atoms with E-state index >= 15 is 0 Å². The quantitative estimate of drug-likeness (QED) is 0.641. The molecule has 2 amide bonds. The Morgan fingerprint density at radius 2 is 2.22 bits per heavy atom. The number of amides is 2. The minimum absolute atomic E-state index is 0.0608. The molecule has 18 heavy (non-hydrogen) atoms. The number of nitrogens with zero attached hydrogens (tertiary/aromatic N) is 1. The molecule has 1 aliphatic heterocycles. The van der Waals surface area contributed by atoms with Crippen LogP contribution in [-0.4, -0.2) is 65.1 Å². The number of carboxylic acid groups (broad SMARTS) is 1. The third kappa shape index (κ3) is 3.58. The maximum atomic E-state index is 12.0. The molecule has 1 aliphatic rings. The van der Waals surface area contributed by atoms with E-state index in [4.69, 9.17) is 14.9 Å². The summed E-state index contributed by atoms with van der Waals surface area (Å²) in [7, 11) is 0. The summed E-state index contributed by atoms with van der Waals surface area (Å²) < 4.78 is 5.45. The van der Waals surface area contributed by atoms with Crippen LogP contribution >= 0.6 is 0 Å². The van der Waals surface area contributed by atoms with E-state index in [0.717, 1.165) is 6.42 Å². The number of ether oxygens (including phenoxy) is 1. The largest absolute Gasteiger partial charge is 0.480 e. The molecule has 1 saturated heterocycles. The Morgan fingerprint density at radius 1 is 1.56 bits per heavy atom. The summed E-state index contributed by atoms with van der Waals surface area (Å²) in [4.78, 5) is 24.3. The minimum Gasteiger partial charge on any atom is -0.480 e. The van der Waals surface area contributed by atoms with Crippen LogP contribution < -0.4 is 5.32 Å². The second kappa shape index (κ2) is 6.55. The van der Waals surface area contributed by atoms with Gasteiger partial charge in [0, 0.05) is 6.54 Å². The van der Waals surface area contributed by atoms with Gasteiger partial charge in [0.25, 0.3) is 0 Å². The molecule has 104 valence electrons. The Bertz CT molecular complexity index is 310. The Hall–Kier alpha value is -1.34. The maximum absolute atomic E-state index is 12.0. The highest BCUT2D eigenvalue weighted by Crippen LogP contribution is 2.14. The lowest BCUT2D eigenvalue weighted by molar-refractivity contribution is -0.140. The molecule has 3 atom stereocenters. The van der Waals surface area contributed by atoms with Crippen LogP contribution in [0.1, 0.15) is 20.3 Å². The normalized spacial score (nSPS) is 25.6. The van der Waals surface area contributed by atoms with Gasteiger partial charge in [-0.05, 0) is 13.3 Å². The number of hydrogen-bond donors (Lipinski definition) is 3. The second-order valence-electron chi connectivity index (χ2n) is 4.38. The highest BCUT2D eigenvalue weighted by Gasteiger charge is 2.31. The third-order valence-corrected chi connectivity index (χ3v) is 2.98. The van der Waals surface area contributed by atoms with Crippen LogP contribution in [0.2, 0.25) is 0 Å². The summed E-state index contributed by atoms with van der Waals surface area (Å²) in [6.07, 6.45) is 0.660. The number of aliphatic carboxylic acids is 1. The molecule has 0 aliphatic carbocycles. The number of aliphatic hydroxyl groups is 1. The first-order valence-corrected chi connectivity index (χ1v) is 6.02. The maximum Gasteiger partial charge on any atom is 0.328 e. The van der Waals surface area contributed by atoms with Gasteiger partial charge < -0.3 is 25.2 Å². The van der Waals surface area contributed by atoms with Crippen LogP contribution in [-0.2, 0) is 9.53 Å². The number of morpholine rings is 1. The van der Waals surface area contributed by atoms with Gasteiger partial charge in [0.15, 0.2) is 6.04 Å². The monoisotopic (exact) mass is 260 g/mol. The van der Waals surface area contributed by atoms with Crippen molar-refractivity contribution in [1.29, 1.82) is 0 Å². The number of hydrogen-bond acceptors (Lipinski definition) is 4. The Kier molecular flexibility index (Phi) is 5.36. The van der Waals surface area contributed by atoms with Gasteiger partial charge in [-0.1, -0.05) is 6.92 Å². The molecular weight excluding hydrogens is 240 g/mol. The average molecular weight is 260 g/mol. The number of carboxylic acids is 1. The first-order chi connectivity index (χ1) is 8.49. The molecular formula is C11H20N2O5. The van der Waals surface area contributed by atoms with E-state index in [9.17, 15) is 9.59 Å². The van der Waals surface area contributed by atoms with Crippen molar-refractivity contribution in [2.24, 2.45) is 0 Å². The molecule has 0 aromatic carbocycles. The van der Waals surface area contributed by atoms with Gasteiger partial charge in [-0.3, -0.25) is 0 Å². The van der Waals surface area contributed by atoms with Crippen molar-refractivity contribution in [3.05, 3.63) is 0 Å². The van der Waals surface area contributed by atoms with Gasteiger partial charge in [-0.15, -0.1) is 0 Å². The summed E-state index contributed by atoms with van der Waals surface area (Å²) in [6.45, 7) is 4.03. The summed E-state index contributed by atoms with van der Waals surface area (Å²) in [5.41, 5.74) is 0. The fourth-order valence-electron chi connectivity index (χ4n) is 1.85. The molecule has 1 rings (SSSR count). The Balaban J connectivity index is 2.65. The zero-order chi connectivity index (χ0) is 13.7. The van der Waals surface area contributed by atoms with Crippen LogP contribution in [0, 0.1) is 0 Å². The topological polar surface area (TPSA) is 99.1 Å². The van der Waals surface area contributed by atoms with Crippen LogP contribution in [0.15, 0.2) is 0 Å². The SMILES string of the molecule is CCC1COC(C)CN1C(=O)N[C@H](CO)C(=O)O. The van der Waals surface area contributed by atoms with Crippen LogP contribution in [0.3, 0.4) is 0 Å². The lowest BCUT2D eigenvalue weighted by atomic mass is 10.1. The van der Waals surface area contributed by atoms with Crippen molar-refractivity contribution in [1.82, 2.24) is 10.2 Å². The number of aliphatic hydroxyl groups excluding tert-OH is 1. The standard InChI is InChI=1S/C11H20N2O5/c1-3-8-6-18-7(2)4-13(8)11(17)12-9(5-14)10(15)16/h7-9,14H,3-6H2,1-2H3,(H,12,17)(H,15,16)/t7?,8?,9-/m1/s1. The van der Waals surface area contributed by atoms with Gasteiger partial charge >= 0.3 is 12.0 Å². The third-order valence-electron chi connectivity index (χ3n) is 2.98. The molecule has 0 aromatic rings. The van der Waals surface area contributed by atoms with Crippen molar-refractivity contribution in [2.75, 3.05) is 19.8 Å². The van der Waals surface area contributed by atoms with Crippen molar-refractivity contribution in [3.63, 3.8) is 0 Å². The van der Waals surface area contributed by atoms with Crippen LogP contribution in [0.5, 0.6) is 0 Å². The van der Waals surface area contributed by atoms with Gasteiger partial charge in [0.2, 0.25) is 0 Å². The first kappa shape index (κ1) is 14.7. The van der Waals surface area contributed by atoms with Gasteiger partial charge in [-0.2, -0.15) is 0 Å². The van der Waals surface area contributed by atoms with Crippen molar-refractivity contribution in [3.8, 4) is 0 Å². The van der Waals surface area contributed by atoms with Crippen molar-refractivity contribution in [2.45, 2.75) is 38.5 Å². The zero-order valence-electron chi connectivity index (χ0n) is 10.6. The van der Waals surface area contributed by atoms with E-state index in [2.05, 4.69) is 5.32 Å². The zero-order valence-corrected chi connectivity index (χ0v) is 10.6. The molecule has 7 heteroatoms. The number of rotatable bonds is 4. The average Bonchev–Trinajstić information content (AvgIpc) is 2.35. The van der Waals surface area contributed by atoms with Crippen molar-refractivity contribution >= 4 is 12.0 Å². The summed E-state index contributed by atoms with van der Waals surface area (Å²) in [5, 5.41) is 20.0. The molecule has 0 aromatic heterocycles. The smallest absolute Gasteiger partial charge is 0.328 e. The molecule has 0 spiro atoms. The predicted molar refractivity (Wildman–Crippen MR) is 63.2 cm³/mol. The molecule has 0 bridgehead atoms. The predicted octanol–water partition coefficient (Wildman–Crippen LogP) is -0.359. The van der Waals surface area contributed by atoms with Gasteiger partial charge in [-0.25, -0.2) is 9.59 Å². The molecule has 7 nitrogen and oxygen atoms in total. The van der Waals surface area contributed by atoms with Gasteiger partial charge in [0.05, 0.1) is 25.4 Å². The second-order valence-corrected chi connectivity index (χ2v) is 4.38. The van der Waals surface area contributed by atoms with E-state index in [0.29, 0.717) is 13.2 Å². The van der Waals surface area contributed by atoms with E-state index < -0.39 is 24.6 Å². The number of carbonyl (C=O) groups excluding carboxylic acids is 1. The highest BCUT2D eigenvalue weighted by atomic mass is 16.5. The lowest BCUT2D eigenvalue weighted by Crippen LogP contribution is -2.57. The van der Waals surface area contributed by atoms with E-state index in [1.165, 1.54) is 0 Å². The van der Waals surface area contributed by atoms with Gasteiger partial charge in [0.1, 0.15) is 0 Å². The molecule has 0 saturated carbocycles. The number of urea groups is 1. The first-order valence-electron chi connectivity index (χ1n) is 6.02. The highest BCUT2D eigenvalue weighted by molar-refractivity contribution is 5.82. The van der Waals surface area contributed by atoms with E-state index in [1.807, 2.05) is 13.8 Å². The summed E-state index contributed by atoms with van der Waals surface area (Å²) >= 11 is 0. The minimum atomic E-state index is -1.27. The molecule has 2 unspecified atom stereocenters. The molecule has 1 heterocycles. The number of carbonyl (C=O) groups is 2. The van der Waals surface area contributed by atoms with Crippen LogP contribution in [0.4, 0.5) is 4.79 Å². The van der Waals surface area contributed by atoms with E-state index in [-0.39, 0.29) is 12.1 Å². The molecule has 1 fully saturated rings.